The van der Waals surface area contributed by atoms with Crippen LogP contribution in [0.5, 0.6) is 0 Å². The number of furan rings is 1. The van der Waals surface area contributed by atoms with Crippen LogP contribution in [0, 0.1) is 0 Å². The van der Waals surface area contributed by atoms with E-state index in [9.17, 15) is 0 Å². The van der Waals surface area contributed by atoms with Gasteiger partial charge in [0.2, 0.25) is 0 Å². The summed E-state index contributed by atoms with van der Waals surface area (Å²) in [4.78, 5) is 20.4. The number of hydrogen-bond donors (Lipinski definition) is 0. The highest BCUT2D eigenvalue weighted by molar-refractivity contribution is 6.17. The minimum absolute atomic E-state index is 0.605. The molecule has 3 heterocycles. The molecule has 0 unspecified atom stereocenters. The van der Waals surface area contributed by atoms with E-state index in [0.29, 0.717) is 17.5 Å². The first-order valence-corrected chi connectivity index (χ1v) is 21.1. The lowest BCUT2D eigenvalue weighted by Gasteiger charge is -2.15. The Morgan fingerprint density at radius 2 is 0.762 bits per heavy atom. The van der Waals surface area contributed by atoms with Crippen LogP contribution in [0.1, 0.15) is 0 Å². The molecule has 5 heteroatoms. The van der Waals surface area contributed by atoms with Crippen molar-refractivity contribution in [2.24, 2.45) is 0 Å². The van der Waals surface area contributed by atoms with E-state index in [2.05, 4.69) is 164 Å². The van der Waals surface area contributed by atoms with Gasteiger partial charge in [-0.25, -0.2) is 19.9 Å². The summed E-state index contributed by atoms with van der Waals surface area (Å²) in [7, 11) is 0. The van der Waals surface area contributed by atoms with Crippen LogP contribution in [0.25, 0.3) is 122 Å². The number of rotatable bonds is 7. The zero-order valence-electron chi connectivity index (χ0n) is 34.0. The Kier molecular flexibility index (Phi) is 8.75. The average molecular weight is 805 g/mol. The van der Waals surface area contributed by atoms with Gasteiger partial charge in [0.25, 0.3) is 0 Å². The molecule has 12 rings (SSSR count). The summed E-state index contributed by atoms with van der Waals surface area (Å²) in [5, 5.41) is 5.68. The highest BCUT2D eigenvalue weighted by Gasteiger charge is 2.18. The summed E-state index contributed by atoms with van der Waals surface area (Å²) in [6.45, 7) is 0. The van der Waals surface area contributed by atoms with Gasteiger partial charge in [0, 0.05) is 54.7 Å². The Labute approximate surface area is 363 Å². The second-order valence-corrected chi connectivity index (χ2v) is 15.8. The summed E-state index contributed by atoms with van der Waals surface area (Å²) >= 11 is 0. The lowest BCUT2D eigenvalue weighted by atomic mass is 9.92. The van der Waals surface area contributed by atoms with Gasteiger partial charge in [-0.2, -0.15) is 0 Å². The number of nitrogens with zero attached hydrogens (tertiary/aromatic N) is 4. The first-order valence-electron chi connectivity index (χ1n) is 21.1. The first kappa shape index (κ1) is 36.3. The van der Waals surface area contributed by atoms with E-state index in [-0.39, 0.29) is 0 Å². The molecular weight excluding hydrogens is 769 g/mol. The fourth-order valence-electron chi connectivity index (χ4n) is 8.85. The van der Waals surface area contributed by atoms with E-state index >= 15 is 0 Å². The maximum Gasteiger partial charge on any atom is 0.164 e. The lowest BCUT2D eigenvalue weighted by molar-refractivity contribution is 0.670. The predicted octanol–water partition coefficient (Wildman–Crippen LogP) is 15.1. The van der Waals surface area contributed by atoms with Gasteiger partial charge in [-0.15, -0.1) is 0 Å². The van der Waals surface area contributed by atoms with Gasteiger partial charge in [-0.05, 0) is 39.9 Å². The van der Waals surface area contributed by atoms with E-state index in [4.69, 9.17) is 24.4 Å². The zero-order chi connectivity index (χ0) is 41.7. The predicted molar refractivity (Wildman–Crippen MR) is 258 cm³/mol. The first-order chi connectivity index (χ1) is 31.2. The topological polar surface area (TPSA) is 64.7 Å². The highest BCUT2D eigenvalue weighted by Crippen LogP contribution is 2.40. The van der Waals surface area contributed by atoms with Crippen molar-refractivity contribution >= 4 is 43.6 Å². The molecule has 0 bridgehead atoms. The molecule has 0 atom stereocenters. The van der Waals surface area contributed by atoms with Crippen molar-refractivity contribution in [3.8, 4) is 78.8 Å². The molecule has 3 aromatic heterocycles. The highest BCUT2D eigenvalue weighted by atomic mass is 16.3. The van der Waals surface area contributed by atoms with Gasteiger partial charge < -0.3 is 4.42 Å². The van der Waals surface area contributed by atoms with E-state index in [1.165, 1.54) is 16.5 Å². The van der Waals surface area contributed by atoms with Crippen LogP contribution < -0.4 is 0 Å². The molecule has 5 nitrogen and oxygen atoms in total. The Hall–Kier alpha value is -8.54. The quantitative estimate of drug-likeness (QED) is 0.150. The molecule has 0 amide bonds. The van der Waals surface area contributed by atoms with Gasteiger partial charge in [0.1, 0.15) is 11.2 Å². The number of hydrogen-bond acceptors (Lipinski definition) is 5. The molecule has 0 fully saturated rings. The maximum absolute atomic E-state index is 6.36. The molecule has 0 aliphatic rings. The van der Waals surface area contributed by atoms with Gasteiger partial charge in [0.15, 0.2) is 17.5 Å². The summed E-state index contributed by atoms with van der Waals surface area (Å²) < 4.78 is 6.36. The van der Waals surface area contributed by atoms with Crippen LogP contribution in [-0.4, -0.2) is 19.9 Å². The summed E-state index contributed by atoms with van der Waals surface area (Å²) in [5.74, 6) is 1.83. The largest absolute Gasteiger partial charge is 0.455 e. The third-order valence-corrected chi connectivity index (χ3v) is 12.0. The Morgan fingerprint density at radius 3 is 1.43 bits per heavy atom. The van der Waals surface area contributed by atoms with Crippen LogP contribution >= 0.6 is 0 Å². The number of pyridine rings is 1. The summed E-state index contributed by atoms with van der Waals surface area (Å²) in [6.07, 6.45) is 0. The molecule has 0 radical (unpaired) electrons. The van der Waals surface area contributed by atoms with Crippen molar-refractivity contribution < 1.29 is 4.42 Å². The lowest BCUT2D eigenvalue weighted by Crippen LogP contribution is -2.00. The second-order valence-electron chi connectivity index (χ2n) is 15.8. The molecule has 0 saturated heterocycles. The Morgan fingerprint density at radius 1 is 0.286 bits per heavy atom. The van der Waals surface area contributed by atoms with Gasteiger partial charge in [-0.1, -0.05) is 206 Å². The smallest absolute Gasteiger partial charge is 0.164 e. The van der Waals surface area contributed by atoms with Crippen molar-refractivity contribution in [3.05, 3.63) is 218 Å². The number of para-hydroxylation sites is 2. The van der Waals surface area contributed by atoms with Crippen molar-refractivity contribution in [2.45, 2.75) is 0 Å². The molecule has 0 aliphatic carbocycles. The van der Waals surface area contributed by atoms with E-state index < -0.39 is 0 Å². The van der Waals surface area contributed by atoms with Gasteiger partial charge in [-0.3, -0.25) is 0 Å². The standard InChI is InChI=1S/C58H36N4O/c1-4-14-38(15-5-1)45-21-12-24-50-53(45)49-35-34-44(36-51(49)59-54(50)40-16-6-2-7-17-40)37-26-30-42(31-27-37)57-60-56(41-18-8-3-9-19-41)61-58(62-57)43-32-28-39(29-33-43)46-22-13-23-48-47-20-10-11-25-52(47)63-55(46)48/h1-36H. The van der Waals surface area contributed by atoms with Crippen LogP contribution in [0.4, 0.5) is 0 Å². The molecule has 9 aromatic carbocycles. The molecule has 294 valence electrons. The molecule has 63 heavy (non-hydrogen) atoms. The molecule has 0 N–H and O–H groups in total. The van der Waals surface area contributed by atoms with Crippen LogP contribution in [0.2, 0.25) is 0 Å². The molecular formula is C58H36N4O. The third kappa shape index (κ3) is 6.51. The Balaban J connectivity index is 0.925. The van der Waals surface area contributed by atoms with Crippen LogP contribution in [-0.2, 0) is 0 Å². The molecule has 0 saturated carbocycles. The van der Waals surface area contributed by atoms with Crippen LogP contribution in [0.15, 0.2) is 223 Å². The Bertz CT molecular complexity index is 3640. The van der Waals surface area contributed by atoms with Crippen LogP contribution in [0.3, 0.4) is 0 Å². The van der Waals surface area contributed by atoms with Gasteiger partial charge in [0.05, 0.1) is 11.2 Å². The minimum atomic E-state index is 0.605. The summed E-state index contributed by atoms with van der Waals surface area (Å²) in [6, 6.07) is 75.7. The minimum Gasteiger partial charge on any atom is -0.455 e. The monoisotopic (exact) mass is 804 g/mol. The molecule has 0 spiro atoms. The fraction of sp³-hybridized carbons (Fsp3) is 0. The summed E-state index contributed by atoms with van der Waals surface area (Å²) in [5.41, 5.74) is 14.1. The van der Waals surface area contributed by atoms with Gasteiger partial charge >= 0.3 is 0 Å². The maximum atomic E-state index is 6.36. The van der Waals surface area contributed by atoms with Crippen molar-refractivity contribution in [3.63, 3.8) is 0 Å². The second kappa shape index (κ2) is 15.2. The van der Waals surface area contributed by atoms with Crippen molar-refractivity contribution in [1.29, 1.82) is 0 Å². The van der Waals surface area contributed by atoms with E-state index in [1.807, 2.05) is 54.6 Å². The van der Waals surface area contributed by atoms with E-state index in [1.54, 1.807) is 0 Å². The fourth-order valence-corrected chi connectivity index (χ4v) is 8.85. The van der Waals surface area contributed by atoms with Crippen molar-refractivity contribution in [1.82, 2.24) is 19.9 Å². The zero-order valence-corrected chi connectivity index (χ0v) is 34.0. The number of aromatic nitrogens is 4. The SMILES string of the molecule is c1ccc(-c2nc(-c3ccc(-c4ccc5c(c4)nc(-c4ccccc4)c4cccc(-c6ccccc6)c45)cc3)nc(-c3ccc(-c4cccc5c4oc4ccccc45)cc3)n2)cc1. The van der Waals surface area contributed by atoms with E-state index in [0.717, 1.165) is 88.4 Å². The number of fused-ring (bicyclic) bond motifs is 6. The third-order valence-electron chi connectivity index (χ3n) is 12.0. The molecule has 12 aromatic rings. The molecule has 0 aliphatic heterocycles. The normalized spacial score (nSPS) is 11.5. The van der Waals surface area contributed by atoms with Crippen molar-refractivity contribution in [2.75, 3.05) is 0 Å². The average Bonchev–Trinajstić information content (AvgIpc) is 3.76. The number of benzene rings is 9.